The van der Waals surface area contributed by atoms with Gasteiger partial charge >= 0.3 is 5.69 Å². The molecule has 4 aromatic rings. The average Bonchev–Trinajstić information content (AvgIpc) is 3.26. The van der Waals surface area contributed by atoms with Crippen molar-refractivity contribution >= 4 is 22.1 Å². The third-order valence-electron chi connectivity index (χ3n) is 5.82. The highest BCUT2D eigenvalue weighted by atomic mass is 16.1. The fourth-order valence-electron chi connectivity index (χ4n) is 4.52. The number of H-pyrrole nitrogens is 2. The molecule has 7 heteroatoms. The lowest BCUT2D eigenvalue weighted by molar-refractivity contribution is 0.242. The Morgan fingerprint density at radius 3 is 3.10 bits per heavy atom. The fraction of sp³-hybridized carbons (Fsp3) is 0.318. The van der Waals surface area contributed by atoms with Crippen LogP contribution in [-0.4, -0.2) is 37.5 Å². The first-order chi connectivity index (χ1) is 14.2. The molecule has 3 aromatic heterocycles. The molecule has 1 aliphatic heterocycles. The number of nitriles is 1. The second kappa shape index (κ2) is 7.22. The Kier molecular flexibility index (Phi) is 4.41. The number of aromatic nitrogens is 4. The zero-order valence-electron chi connectivity index (χ0n) is 16.1. The summed E-state index contributed by atoms with van der Waals surface area (Å²) in [7, 11) is 0. The van der Waals surface area contributed by atoms with Crippen LogP contribution in [0, 0.1) is 11.3 Å². The molecule has 0 spiro atoms. The molecule has 0 saturated carbocycles. The predicted molar refractivity (Wildman–Crippen MR) is 112 cm³/mol. The van der Waals surface area contributed by atoms with Crippen molar-refractivity contribution in [1.29, 1.82) is 5.26 Å². The number of nitrogens with one attached hydrogen (secondary N) is 2. The standard InChI is InChI=1S/C22H22N6O/c23-11-15-4-3-5-16(10-15)13-27-9-2-1-6-17(14-27)28-20-18-7-8-24-21(18)25-12-19(20)26-22(28)29/h3-5,7-8,10,12,17H,1-2,6,9,13-14H2,(H,24,25)(H,26,29). The van der Waals surface area contributed by atoms with Gasteiger partial charge in [0.15, 0.2) is 0 Å². The summed E-state index contributed by atoms with van der Waals surface area (Å²) in [5.74, 6) is 0. The molecule has 4 heterocycles. The van der Waals surface area contributed by atoms with E-state index in [0.29, 0.717) is 5.56 Å². The molecule has 0 amide bonds. The van der Waals surface area contributed by atoms with Crippen molar-refractivity contribution in [2.75, 3.05) is 13.1 Å². The number of nitrogens with zero attached hydrogens (tertiary/aromatic N) is 4. The van der Waals surface area contributed by atoms with Crippen LogP contribution in [0.3, 0.4) is 0 Å². The number of rotatable bonds is 3. The van der Waals surface area contributed by atoms with Gasteiger partial charge in [-0.2, -0.15) is 5.26 Å². The van der Waals surface area contributed by atoms with Gasteiger partial charge in [0, 0.05) is 24.7 Å². The summed E-state index contributed by atoms with van der Waals surface area (Å²) in [6.07, 6.45) is 6.75. The molecule has 2 N–H and O–H groups in total. The van der Waals surface area contributed by atoms with Crippen LogP contribution in [-0.2, 0) is 6.54 Å². The summed E-state index contributed by atoms with van der Waals surface area (Å²) in [4.78, 5) is 25.8. The number of fused-ring (bicyclic) bond motifs is 3. The highest BCUT2D eigenvalue weighted by Gasteiger charge is 2.24. The summed E-state index contributed by atoms with van der Waals surface area (Å²) in [5, 5.41) is 10.1. The fourth-order valence-corrected chi connectivity index (χ4v) is 4.52. The SMILES string of the molecule is N#Cc1cccc(CN2CCCCC(n3c(=O)[nH]c4cnc5[nH]ccc5c43)C2)c1. The Morgan fingerprint density at radius 2 is 2.21 bits per heavy atom. The van der Waals surface area contributed by atoms with Crippen LogP contribution in [0.1, 0.15) is 36.4 Å². The summed E-state index contributed by atoms with van der Waals surface area (Å²) in [6, 6.07) is 12.1. The van der Waals surface area contributed by atoms with Gasteiger partial charge < -0.3 is 9.97 Å². The minimum absolute atomic E-state index is 0.0752. The molecule has 146 valence electrons. The number of imidazole rings is 1. The van der Waals surface area contributed by atoms with Gasteiger partial charge in [-0.1, -0.05) is 18.6 Å². The van der Waals surface area contributed by atoms with E-state index in [-0.39, 0.29) is 11.7 Å². The molecule has 0 radical (unpaired) electrons. The van der Waals surface area contributed by atoms with Crippen LogP contribution in [0.4, 0.5) is 0 Å². The summed E-state index contributed by atoms with van der Waals surface area (Å²) in [6.45, 7) is 2.58. The van der Waals surface area contributed by atoms with E-state index in [1.807, 2.05) is 35.0 Å². The monoisotopic (exact) mass is 386 g/mol. The Balaban J connectivity index is 1.51. The Bertz CT molecular complexity index is 1270. The average molecular weight is 386 g/mol. The number of benzene rings is 1. The van der Waals surface area contributed by atoms with E-state index >= 15 is 0 Å². The van der Waals surface area contributed by atoms with Gasteiger partial charge in [0.25, 0.3) is 0 Å². The lowest BCUT2D eigenvalue weighted by Crippen LogP contribution is -2.33. The molecule has 1 atom stereocenters. The van der Waals surface area contributed by atoms with Crippen LogP contribution in [0.5, 0.6) is 0 Å². The molecule has 7 nitrogen and oxygen atoms in total. The summed E-state index contributed by atoms with van der Waals surface area (Å²) < 4.78 is 1.93. The van der Waals surface area contributed by atoms with Crippen molar-refractivity contribution in [2.45, 2.75) is 31.8 Å². The molecule has 29 heavy (non-hydrogen) atoms. The van der Waals surface area contributed by atoms with E-state index < -0.39 is 0 Å². The Labute approximate surface area is 167 Å². The van der Waals surface area contributed by atoms with Gasteiger partial charge in [0.1, 0.15) is 5.65 Å². The number of pyridine rings is 1. The number of aromatic amines is 2. The van der Waals surface area contributed by atoms with Crippen molar-refractivity contribution in [3.8, 4) is 6.07 Å². The van der Waals surface area contributed by atoms with Crippen LogP contribution >= 0.6 is 0 Å². The summed E-state index contributed by atoms with van der Waals surface area (Å²) in [5.41, 5.74) is 4.24. The van der Waals surface area contributed by atoms with Crippen molar-refractivity contribution < 1.29 is 0 Å². The molecule has 1 fully saturated rings. The van der Waals surface area contributed by atoms with Crippen LogP contribution in [0.2, 0.25) is 0 Å². The zero-order valence-corrected chi connectivity index (χ0v) is 16.1. The second-order valence-corrected chi connectivity index (χ2v) is 7.76. The molecule has 0 bridgehead atoms. The lowest BCUT2D eigenvalue weighted by Gasteiger charge is -2.25. The van der Waals surface area contributed by atoms with Gasteiger partial charge in [-0.25, -0.2) is 9.78 Å². The third kappa shape index (κ3) is 3.22. The second-order valence-electron chi connectivity index (χ2n) is 7.76. The van der Waals surface area contributed by atoms with Gasteiger partial charge in [-0.3, -0.25) is 9.47 Å². The third-order valence-corrected chi connectivity index (χ3v) is 5.82. The molecule has 5 rings (SSSR count). The van der Waals surface area contributed by atoms with E-state index in [1.54, 1.807) is 6.20 Å². The normalized spacial score (nSPS) is 18.1. The minimum atomic E-state index is -0.0752. The molecular weight excluding hydrogens is 364 g/mol. The summed E-state index contributed by atoms with van der Waals surface area (Å²) >= 11 is 0. The lowest BCUT2D eigenvalue weighted by atomic mass is 10.1. The van der Waals surface area contributed by atoms with Crippen molar-refractivity contribution in [3.05, 3.63) is 64.3 Å². The van der Waals surface area contributed by atoms with E-state index in [2.05, 4.69) is 32.0 Å². The van der Waals surface area contributed by atoms with Crippen molar-refractivity contribution in [1.82, 2.24) is 24.4 Å². The molecular formula is C22H22N6O. The maximum atomic E-state index is 12.9. The molecule has 1 aliphatic rings. The molecule has 1 aromatic carbocycles. The largest absolute Gasteiger partial charge is 0.346 e. The van der Waals surface area contributed by atoms with Crippen LogP contribution < -0.4 is 5.69 Å². The first-order valence-corrected chi connectivity index (χ1v) is 10.0. The van der Waals surface area contributed by atoms with E-state index in [4.69, 9.17) is 5.26 Å². The molecule has 0 aliphatic carbocycles. The number of hydrogen-bond acceptors (Lipinski definition) is 4. The predicted octanol–water partition coefficient (Wildman–Crippen LogP) is 3.30. The number of likely N-dealkylation sites (tertiary alicyclic amines) is 1. The van der Waals surface area contributed by atoms with E-state index in [9.17, 15) is 4.79 Å². The first-order valence-electron chi connectivity index (χ1n) is 10.0. The van der Waals surface area contributed by atoms with Crippen molar-refractivity contribution in [2.24, 2.45) is 0 Å². The van der Waals surface area contributed by atoms with Crippen molar-refractivity contribution in [3.63, 3.8) is 0 Å². The van der Waals surface area contributed by atoms with Gasteiger partial charge in [-0.05, 0) is 43.1 Å². The smallest absolute Gasteiger partial charge is 0.326 e. The van der Waals surface area contributed by atoms with Gasteiger partial charge in [0.2, 0.25) is 0 Å². The minimum Gasteiger partial charge on any atom is -0.346 e. The highest BCUT2D eigenvalue weighted by molar-refractivity contribution is 6.00. The molecule has 1 saturated heterocycles. The Hall–Kier alpha value is -3.37. The van der Waals surface area contributed by atoms with Crippen LogP contribution in [0.15, 0.2) is 47.5 Å². The topological polar surface area (TPSA) is 93.5 Å². The maximum Gasteiger partial charge on any atom is 0.326 e. The molecule has 1 unspecified atom stereocenters. The first kappa shape index (κ1) is 17.7. The zero-order chi connectivity index (χ0) is 19.8. The van der Waals surface area contributed by atoms with E-state index in [0.717, 1.165) is 66.5 Å². The van der Waals surface area contributed by atoms with Gasteiger partial charge in [-0.15, -0.1) is 0 Å². The Morgan fingerprint density at radius 1 is 1.28 bits per heavy atom. The highest BCUT2D eigenvalue weighted by Crippen LogP contribution is 2.28. The maximum absolute atomic E-state index is 12.9. The van der Waals surface area contributed by atoms with Crippen LogP contribution in [0.25, 0.3) is 22.1 Å². The number of hydrogen-bond donors (Lipinski definition) is 2. The quantitative estimate of drug-likeness (QED) is 0.565. The van der Waals surface area contributed by atoms with Gasteiger partial charge in [0.05, 0.1) is 34.9 Å². The van der Waals surface area contributed by atoms with E-state index in [1.165, 1.54) is 0 Å².